The van der Waals surface area contributed by atoms with Crippen molar-refractivity contribution in [1.29, 1.82) is 0 Å². The number of anilines is 2. The molecule has 1 aromatic carbocycles. The third-order valence-corrected chi connectivity index (χ3v) is 3.67. The van der Waals surface area contributed by atoms with Crippen LogP contribution in [0.1, 0.15) is 35.8 Å². The highest BCUT2D eigenvalue weighted by Gasteiger charge is 2.29. The molecule has 1 aromatic heterocycles. The summed E-state index contributed by atoms with van der Waals surface area (Å²) in [5, 5.41) is 2.98. The second-order valence-corrected chi connectivity index (χ2v) is 5.71. The molecule has 0 bridgehead atoms. The molecule has 0 spiro atoms. The molecule has 2 rings (SSSR count). The molecule has 1 heterocycles. The van der Waals surface area contributed by atoms with E-state index in [4.69, 9.17) is 0 Å². The van der Waals surface area contributed by atoms with Crippen molar-refractivity contribution < 1.29 is 18.0 Å². The number of aromatic nitrogens is 1. The van der Waals surface area contributed by atoms with E-state index in [2.05, 4.69) is 10.3 Å². The number of carbonyl (C=O) groups is 1. The second kappa shape index (κ2) is 8.00. The molecule has 0 fully saturated rings. The van der Waals surface area contributed by atoms with Crippen LogP contribution in [0.3, 0.4) is 0 Å². The van der Waals surface area contributed by atoms with E-state index in [1.54, 1.807) is 24.1 Å². The Labute approximate surface area is 144 Å². The Morgan fingerprint density at radius 2 is 1.84 bits per heavy atom. The lowest BCUT2D eigenvalue weighted by Gasteiger charge is -2.16. The van der Waals surface area contributed by atoms with Gasteiger partial charge in [-0.2, -0.15) is 13.2 Å². The Balaban J connectivity index is 2.10. The predicted molar refractivity (Wildman–Crippen MR) is 90.8 cm³/mol. The van der Waals surface area contributed by atoms with Gasteiger partial charge in [-0.05, 0) is 42.8 Å². The number of hydrogen-bond acceptors (Lipinski definition) is 3. The number of benzene rings is 1. The highest BCUT2D eigenvalue weighted by molar-refractivity contribution is 5.93. The number of alkyl halides is 3. The van der Waals surface area contributed by atoms with Gasteiger partial charge in [0, 0.05) is 31.2 Å². The zero-order valence-electron chi connectivity index (χ0n) is 14.1. The van der Waals surface area contributed by atoms with Crippen molar-refractivity contribution in [3.63, 3.8) is 0 Å². The van der Waals surface area contributed by atoms with Gasteiger partial charge >= 0.3 is 6.18 Å². The molecule has 25 heavy (non-hydrogen) atoms. The van der Waals surface area contributed by atoms with Crippen molar-refractivity contribution in [3.05, 3.63) is 53.9 Å². The Bertz CT molecular complexity index is 714. The lowest BCUT2D eigenvalue weighted by molar-refractivity contribution is -0.137. The van der Waals surface area contributed by atoms with Crippen molar-refractivity contribution in [2.24, 2.45) is 0 Å². The average molecular weight is 351 g/mol. The topological polar surface area (TPSA) is 45.2 Å². The van der Waals surface area contributed by atoms with Gasteiger partial charge in [-0.15, -0.1) is 0 Å². The summed E-state index contributed by atoms with van der Waals surface area (Å²) in [4.78, 5) is 18.0. The molecule has 0 atom stereocenters. The maximum Gasteiger partial charge on any atom is 0.416 e. The Morgan fingerprint density at radius 1 is 1.16 bits per heavy atom. The Morgan fingerprint density at radius 3 is 2.44 bits per heavy atom. The van der Waals surface area contributed by atoms with Gasteiger partial charge in [0.15, 0.2) is 0 Å². The van der Waals surface area contributed by atoms with E-state index in [1.165, 1.54) is 18.3 Å². The number of carbonyl (C=O) groups excluding carboxylic acids is 1. The van der Waals surface area contributed by atoms with Crippen LogP contribution in [0.4, 0.5) is 24.5 Å². The van der Waals surface area contributed by atoms with Crippen LogP contribution in [0.2, 0.25) is 0 Å². The molecule has 4 nitrogen and oxygen atoms in total. The van der Waals surface area contributed by atoms with Gasteiger partial charge in [-0.3, -0.25) is 9.78 Å². The minimum atomic E-state index is -4.36. The zero-order valence-corrected chi connectivity index (χ0v) is 14.1. The van der Waals surface area contributed by atoms with E-state index >= 15 is 0 Å². The largest absolute Gasteiger partial charge is 0.416 e. The minimum Gasteiger partial charge on any atom is -0.355 e. The van der Waals surface area contributed by atoms with E-state index in [1.807, 2.05) is 6.92 Å². The van der Waals surface area contributed by atoms with Crippen molar-refractivity contribution >= 4 is 17.3 Å². The molecular formula is C18H20F3N3O. The van der Waals surface area contributed by atoms with E-state index in [0.717, 1.165) is 25.0 Å². The van der Waals surface area contributed by atoms with Gasteiger partial charge in [-0.1, -0.05) is 13.3 Å². The molecule has 1 N–H and O–H groups in total. The minimum absolute atomic E-state index is 0.190. The maximum atomic E-state index is 12.6. The monoisotopic (exact) mass is 351 g/mol. The molecule has 0 aliphatic carbocycles. The number of pyridine rings is 1. The highest BCUT2D eigenvalue weighted by atomic mass is 19.4. The molecule has 134 valence electrons. The quantitative estimate of drug-likeness (QED) is 0.819. The summed E-state index contributed by atoms with van der Waals surface area (Å²) in [5.41, 5.74) is 0.663. The fraction of sp³-hybridized carbons (Fsp3) is 0.333. The predicted octanol–water partition coefficient (Wildman–Crippen LogP) is 4.72. The van der Waals surface area contributed by atoms with Crippen LogP contribution in [0.5, 0.6) is 0 Å². The number of halogens is 3. The van der Waals surface area contributed by atoms with E-state index in [-0.39, 0.29) is 11.6 Å². The van der Waals surface area contributed by atoms with E-state index in [9.17, 15) is 18.0 Å². The summed E-state index contributed by atoms with van der Waals surface area (Å²) < 4.78 is 37.7. The molecule has 0 aliphatic rings. The molecule has 7 heteroatoms. The Hall–Kier alpha value is -2.57. The second-order valence-electron chi connectivity index (χ2n) is 5.71. The van der Waals surface area contributed by atoms with E-state index < -0.39 is 11.7 Å². The lowest BCUT2D eigenvalue weighted by atomic mass is 10.2. The normalized spacial score (nSPS) is 11.2. The van der Waals surface area contributed by atoms with Gasteiger partial charge in [0.25, 0.3) is 5.91 Å². The summed E-state index contributed by atoms with van der Waals surface area (Å²) in [7, 11) is 1.72. The standard InChI is InChI=1S/C18H20F3N3O/c1-3-4-11-24(2)17(25)16-12-15(9-10-22-16)23-14-7-5-13(6-8-14)18(19,20)21/h5-10,12H,3-4,11H2,1-2H3,(H,22,23). The first kappa shape index (κ1) is 18.8. The zero-order chi connectivity index (χ0) is 18.4. The van der Waals surface area contributed by atoms with Crippen molar-refractivity contribution in [3.8, 4) is 0 Å². The van der Waals surface area contributed by atoms with Crippen LogP contribution in [-0.4, -0.2) is 29.4 Å². The van der Waals surface area contributed by atoms with Crippen LogP contribution in [0.15, 0.2) is 42.6 Å². The molecule has 0 unspecified atom stereocenters. The van der Waals surface area contributed by atoms with Crippen LogP contribution < -0.4 is 5.32 Å². The number of amides is 1. The summed E-state index contributed by atoms with van der Waals surface area (Å²) >= 11 is 0. The summed E-state index contributed by atoms with van der Waals surface area (Å²) in [6, 6.07) is 7.95. The molecular weight excluding hydrogens is 331 g/mol. The first-order valence-electron chi connectivity index (χ1n) is 7.97. The highest BCUT2D eigenvalue weighted by Crippen LogP contribution is 2.30. The summed E-state index contributed by atoms with van der Waals surface area (Å²) in [5.74, 6) is -0.190. The summed E-state index contributed by atoms with van der Waals surface area (Å²) in [6.45, 7) is 2.69. The van der Waals surface area contributed by atoms with E-state index in [0.29, 0.717) is 17.9 Å². The molecule has 0 radical (unpaired) electrons. The third-order valence-electron chi connectivity index (χ3n) is 3.67. The Kier molecular flexibility index (Phi) is 6.01. The molecule has 0 aliphatic heterocycles. The number of nitrogens with zero attached hydrogens (tertiary/aromatic N) is 2. The first-order chi connectivity index (χ1) is 11.8. The number of hydrogen-bond donors (Lipinski definition) is 1. The lowest BCUT2D eigenvalue weighted by Crippen LogP contribution is -2.28. The molecule has 1 amide bonds. The van der Waals surface area contributed by atoms with Crippen molar-refractivity contribution in [1.82, 2.24) is 9.88 Å². The van der Waals surface area contributed by atoms with Gasteiger partial charge in [0.2, 0.25) is 0 Å². The fourth-order valence-corrected chi connectivity index (χ4v) is 2.23. The van der Waals surface area contributed by atoms with Crippen LogP contribution in [0.25, 0.3) is 0 Å². The number of rotatable bonds is 6. The van der Waals surface area contributed by atoms with Crippen LogP contribution in [-0.2, 0) is 6.18 Å². The van der Waals surface area contributed by atoms with Gasteiger partial charge in [0.1, 0.15) is 5.69 Å². The van der Waals surface area contributed by atoms with Crippen LogP contribution >= 0.6 is 0 Å². The van der Waals surface area contributed by atoms with Crippen LogP contribution in [0, 0.1) is 0 Å². The maximum absolute atomic E-state index is 12.6. The molecule has 0 saturated carbocycles. The van der Waals surface area contributed by atoms with Crippen molar-refractivity contribution in [2.75, 3.05) is 18.9 Å². The van der Waals surface area contributed by atoms with Gasteiger partial charge in [0.05, 0.1) is 5.56 Å². The summed E-state index contributed by atoms with van der Waals surface area (Å²) in [6.07, 6.45) is -0.975. The molecule has 0 saturated heterocycles. The average Bonchev–Trinajstić information content (AvgIpc) is 2.59. The number of unbranched alkanes of at least 4 members (excludes halogenated alkanes) is 1. The molecule has 2 aromatic rings. The van der Waals surface area contributed by atoms with Gasteiger partial charge < -0.3 is 10.2 Å². The first-order valence-corrected chi connectivity index (χ1v) is 7.97. The van der Waals surface area contributed by atoms with Crippen molar-refractivity contribution in [2.45, 2.75) is 25.9 Å². The number of nitrogens with one attached hydrogen (secondary N) is 1. The smallest absolute Gasteiger partial charge is 0.355 e. The third kappa shape index (κ3) is 5.20. The van der Waals surface area contributed by atoms with Gasteiger partial charge in [-0.25, -0.2) is 0 Å². The SMILES string of the molecule is CCCCN(C)C(=O)c1cc(Nc2ccc(C(F)(F)F)cc2)ccn1. The fourth-order valence-electron chi connectivity index (χ4n) is 2.23.